The molecule has 1 N–H and O–H groups in total. The fourth-order valence-electron chi connectivity index (χ4n) is 2.01. The molecule has 0 bridgehead atoms. The van der Waals surface area contributed by atoms with Gasteiger partial charge in [-0.3, -0.25) is 4.79 Å². The zero-order chi connectivity index (χ0) is 14.0. The first kappa shape index (κ1) is 13.7. The average Bonchev–Trinajstić information content (AvgIpc) is 2.65. The number of anilines is 1. The van der Waals surface area contributed by atoms with Crippen LogP contribution in [-0.4, -0.2) is 16.9 Å². The number of halogens is 1. The van der Waals surface area contributed by atoms with Crippen LogP contribution in [0.25, 0.3) is 0 Å². The molecule has 0 aliphatic heterocycles. The van der Waals surface area contributed by atoms with E-state index in [1.807, 2.05) is 49.7 Å². The van der Waals surface area contributed by atoms with Gasteiger partial charge in [0.25, 0.3) is 0 Å². The molecule has 19 heavy (non-hydrogen) atoms. The van der Waals surface area contributed by atoms with Gasteiger partial charge in [0, 0.05) is 24.0 Å². The summed E-state index contributed by atoms with van der Waals surface area (Å²) >= 11 is 6.04. The summed E-state index contributed by atoms with van der Waals surface area (Å²) in [5.74, 6) is 0.0705. The number of carbonyl (C=O) groups excluding carboxylic acids is 1. The molecule has 1 aromatic heterocycles. The van der Waals surface area contributed by atoms with Gasteiger partial charge < -0.3 is 9.88 Å². The van der Waals surface area contributed by atoms with Crippen molar-refractivity contribution < 1.29 is 4.79 Å². The number of carbonyl (C=O) groups is 1. The summed E-state index contributed by atoms with van der Waals surface area (Å²) in [4.78, 5) is 12.2. The molecule has 0 aliphatic carbocycles. The second-order valence-corrected chi connectivity index (χ2v) is 5.01. The summed E-state index contributed by atoms with van der Waals surface area (Å²) in [6.45, 7) is 4.19. The third-order valence-electron chi connectivity index (χ3n) is 3.39. The quantitative estimate of drug-likeness (QED) is 0.866. The van der Waals surface area contributed by atoms with Crippen LogP contribution in [0.1, 0.15) is 21.7 Å². The van der Waals surface area contributed by atoms with Crippen LogP contribution in [0.15, 0.2) is 30.3 Å². The summed E-state index contributed by atoms with van der Waals surface area (Å²) in [5.41, 5.74) is 3.62. The Kier molecular flexibility index (Phi) is 3.96. The number of Topliss-reactive ketones (excluding diaryl/α,β-unsaturated/α-hetero) is 1. The second-order valence-electron chi connectivity index (χ2n) is 4.60. The fraction of sp³-hybridized carbons (Fsp3) is 0.267. The lowest BCUT2D eigenvalue weighted by atomic mass is 10.1. The number of aromatic nitrogens is 1. The van der Waals surface area contributed by atoms with Crippen molar-refractivity contribution in [3.8, 4) is 0 Å². The Morgan fingerprint density at radius 2 is 2.00 bits per heavy atom. The van der Waals surface area contributed by atoms with Gasteiger partial charge >= 0.3 is 0 Å². The zero-order valence-electron chi connectivity index (χ0n) is 11.3. The van der Waals surface area contributed by atoms with E-state index in [9.17, 15) is 4.79 Å². The van der Waals surface area contributed by atoms with Crippen LogP contribution in [0.2, 0.25) is 5.02 Å². The molecule has 2 rings (SSSR count). The molecule has 0 fully saturated rings. The molecule has 0 atom stereocenters. The van der Waals surface area contributed by atoms with Gasteiger partial charge in [0.2, 0.25) is 0 Å². The van der Waals surface area contributed by atoms with Crippen molar-refractivity contribution in [2.24, 2.45) is 7.05 Å². The number of nitrogens with zero attached hydrogens (tertiary/aromatic N) is 1. The lowest BCUT2D eigenvalue weighted by molar-refractivity contribution is 0.101. The molecular formula is C15H17ClN2O. The van der Waals surface area contributed by atoms with E-state index in [4.69, 9.17) is 11.6 Å². The van der Waals surface area contributed by atoms with E-state index >= 15 is 0 Å². The van der Waals surface area contributed by atoms with Crippen LogP contribution in [0.5, 0.6) is 0 Å². The van der Waals surface area contributed by atoms with Crippen molar-refractivity contribution in [2.45, 2.75) is 13.8 Å². The molecule has 2 aromatic rings. The van der Waals surface area contributed by atoms with Crippen LogP contribution < -0.4 is 5.32 Å². The Bertz CT molecular complexity index is 617. The first-order valence-corrected chi connectivity index (χ1v) is 6.53. The summed E-state index contributed by atoms with van der Waals surface area (Å²) in [5, 5.41) is 3.70. The molecule has 0 saturated heterocycles. The SMILES string of the molecule is Cc1cc(C(=O)CNc2ccccc2Cl)c(C)n1C. The van der Waals surface area contributed by atoms with Crippen molar-refractivity contribution in [3.05, 3.63) is 52.3 Å². The number of para-hydroxylation sites is 1. The fourth-order valence-corrected chi connectivity index (χ4v) is 2.22. The molecule has 4 heteroatoms. The van der Waals surface area contributed by atoms with Crippen molar-refractivity contribution >= 4 is 23.1 Å². The van der Waals surface area contributed by atoms with Crippen LogP contribution in [0.4, 0.5) is 5.69 Å². The molecule has 1 heterocycles. The summed E-state index contributed by atoms with van der Waals surface area (Å²) in [6, 6.07) is 9.33. The van der Waals surface area contributed by atoms with Gasteiger partial charge in [-0.25, -0.2) is 0 Å². The monoisotopic (exact) mass is 276 g/mol. The van der Waals surface area contributed by atoms with Crippen molar-refractivity contribution in [1.29, 1.82) is 0 Å². The molecule has 0 amide bonds. The number of nitrogens with one attached hydrogen (secondary N) is 1. The number of rotatable bonds is 4. The lowest BCUT2D eigenvalue weighted by Crippen LogP contribution is -2.15. The van der Waals surface area contributed by atoms with Gasteiger partial charge in [-0.15, -0.1) is 0 Å². The minimum absolute atomic E-state index is 0.0705. The Labute approximate surface area is 118 Å². The molecule has 100 valence electrons. The van der Waals surface area contributed by atoms with Crippen LogP contribution in [0, 0.1) is 13.8 Å². The molecule has 3 nitrogen and oxygen atoms in total. The molecule has 0 radical (unpaired) electrons. The molecule has 0 aliphatic rings. The van der Waals surface area contributed by atoms with Crippen LogP contribution in [-0.2, 0) is 7.05 Å². The summed E-state index contributed by atoms with van der Waals surface area (Å²) in [6.07, 6.45) is 0. The van der Waals surface area contributed by atoms with E-state index in [1.54, 1.807) is 6.07 Å². The standard InChI is InChI=1S/C15H17ClN2O/c1-10-8-12(11(2)18(10)3)15(19)9-17-14-7-5-4-6-13(14)16/h4-8,17H,9H2,1-3H3. The molecule has 1 aromatic carbocycles. The number of hydrogen-bond acceptors (Lipinski definition) is 2. The largest absolute Gasteiger partial charge is 0.376 e. The van der Waals surface area contributed by atoms with Crippen molar-refractivity contribution in [3.63, 3.8) is 0 Å². The molecule has 0 spiro atoms. The van der Waals surface area contributed by atoms with E-state index in [0.29, 0.717) is 5.02 Å². The minimum atomic E-state index is 0.0705. The topological polar surface area (TPSA) is 34.0 Å². The zero-order valence-corrected chi connectivity index (χ0v) is 12.1. The van der Waals surface area contributed by atoms with Crippen LogP contribution in [0.3, 0.4) is 0 Å². The highest BCUT2D eigenvalue weighted by atomic mass is 35.5. The Morgan fingerprint density at radius 3 is 2.58 bits per heavy atom. The van der Waals surface area contributed by atoms with Gasteiger partial charge in [0.15, 0.2) is 5.78 Å². The van der Waals surface area contributed by atoms with Crippen LogP contribution >= 0.6 is 11.6 Å². The summed E-state index contributed by atoms with van der Waals surface area (Å²) in [7, 11) is 1.96. The normalized spacial score (nSPS) is 10.5. The molecular weight excluding hydrogens is 260 g/mol. The first-order chi connectivity index (χ1) is 9.00. The number of aryl methyl sites for hydroxylation is 1. The van der Waals surface area contributed by atoms with Gasteiger partial charge in [0.05, 0.1) is 17.3 Å². The Balaban J connectivity index is 2.10. The van der Waals surface area contributed by atoms with E-state index < -0.39 is 0 Å². The van der Waals surface area contributed by atoms with E-state index in [2.05, 4.69) is 5.32 Å². The Hall–Kier alpha value is -1.74. The highest BCUT2D eigenvalue weighted by molar-refractivity contribution is 6.33. The average molecular weight is 277 g/mol. The van der Waals surface area contributed by atoms with E-state index in [1.165, 1.54) is 0 Å². The number of benzene rings is 1. The number of ketones is 1. The smallest absolute Gasteiger partial charge is 0.183 e. The van der Waals surface area contributed by atoms with Gasteiger partial charge in [0.1, 0.15) is 0 Å². The highest BCUT2D eigenvalue weighted by Crippen LogP contribution is 2.21. The molecule has 0 saturated carbocycles. The summed E-state index contributed by atoms with van der Waals surface area (Å²) < 4.78 is 2.02. The predicted octanol–water partition coefficient (Wildman–Crippen LogP) is 3.59. The maximum Gasteiger partial charge on any atom is 0.183 e. The van der Waals surface area contributed by atoms with E-state index in [0.717, 1.165) is 22.6 Å². The molecule has 0 unspecified atom stereocenters. The lowest BCUT2D eigenvalue weighted by Gasteiger charge is -2.07. The number of hydrogen-bond donors (Lipinski definition) is 1. The second kappa shape index (κ2) is 5.49. The third-order valence-corrected chi connectivity index (χ3v) is 3.72. The highest BCUT2D eigenvalue weighted by Gasteiger charge is 2.13. The maximum atomic E-state index is 12.2. The Morgan fingerprint density at radius 1 is 1.32 bits per heavy atom. The predicted molar refractivity (Wildman–Crippen MR) is 79.2 cm³/mol. The first-order valence-electron chi connectivity index (χ1n) is 6.15. The minimum Gasteiger partial charge on any atom is -0.376 e. The van der Waals surface area contributed by atoms with Gasteiger partial charge in [-0.2, -0.15) is 0 Å². The third kappa shape index (κ3) is 2.82. The van der Waals surface area contributed by atoms with Gasteiger partial charge in [-0.1, -0.05) is 23.7 Å². The van der Waals surface area contributed by atoms with Gasteiger partial charge in [-0.05, 0) is 32.0 Å². The van der Waals surface area contributed by atoms with E-state index in [-0.39, 0.29) is 12.3 Å². The van der Waals surface area contributed by atoms with Crippen molar-refractivity contribution in [1.82, 2.24) is 4.57 Å². The van der Waals surface area contributed by atoms with Crippen molar-refractivity contribution in [2.75, 3.05) is 11.9 Å². The maximum absolute atomic E-state index is 12.2.